The lowest BCUT2D eigenvalue weighted by Gasteiger charge is -2.20. The second-order valence-corrected chi connectivity index (χ2v) is 7.44. The molecule has 1 saturated heterocycles. The summed E-state index contributed by atoms with van der Waals surface area (Å²) < 4.78 is 2.05. The summed E-state index contributed by atoms with van der Waals surface area (Å²) in [6, 6.07) is 14.4. The summed E-state index contributed by atoms with van der Waals surface area (Å²) in [6.45, 7) is 2.73. The SMILES string of the molecule is CN=C(NCCc1cn2ccccc2n1)NC1CCN(c2cccc(Cl)c2)C1.I. The lowest BCUT2D eigenvalue weighted by atomic mass is 10.2. The molecule has 0 radical (unpaired) electrons. The molecule has 8 heteroatoms. The maximum atomic E-state index is 6.12. The minimum Gasteiger partial charge on any atom is -0.369 e. The van der Waals surface area contributed by atoms with Crippen molar-refractivity contribution in [2.24, 2.45) is 4.99 Å². The van der Waals surface area contributed by atoms with E-state index in [-0.39, 0.29) is 24.0 Å². The van der Waals surface area contributed by atoms with Gasteiger partial charge in [-0.05, 0) is 36.8 Å². The van der Waals surface area contributed by atoms with Gasteiger partial charge in [-0.3, -0.25) is 4.99 Å². The molecule has 1 fully saturated rings. The standard InChI is InChI=1S/C21H25ClN6.HI/c1-23-21(24-10-8-17-15-28-11-3-2-7-20(28)25-17)26-18-9-12-27(14-18)19-6-4-5-16(22)13-19;/h2-7,11,13,15,18H,8-10,12,14H2,1H3,(H2,23,24,26);1H. The first-order chi connectivity index (χ1) is 13.7. The van der Waals surface area contributed by atoms with Crippen LogP contribution >= 0.6 is 35.6 Å². The smallest absolute Gasteiger partial charge is 0.191 e. The molecule has 3 aromatic rings. The molecular formula is C21H26ClIN6. The molecular weight excluding hydrogens is 499 g/mol. The molecule has 3 heterocycles. The largest absolute Gasteiger partial charge is 0.369 e. The predicted molar refractivity (Wildman–Crippen MR) is 131 cm³/mol. The molecule has 1 aromatic carbocycles. The van der Waals surface area contributed by atoms with Crippen molar-refractivity contribution < 1.29 is 0 Å². The van der Waals surface area contributed by atoms with Gasteiger partial charge < -0.3 is 19.9 Å². The highest BCUT2D eigenvalue weighted by atomic mass is 127. The molecule has 1 unspecified atom stereocenters. The monoisotopic (exact) mass is 524 g/mol. The highest BCUT2D eigenvalue weighted by molar-refractivity contribution is 14.0. The summed E-state index contributed by atoms with van der Waals surface area (Å²) in [7, 11) is 1.81. The summed E-state index contributed by atoms with van der Waals surface area (Å²) in [4.78, 5) is 11.4. The van der Waals surface area contributed by atoms with Crippen LogP contribution in [0.5, 0.6) is 0 Å². The number of halogens is 2. The maximum absolute atomic E-state index is 6.12. The molecule has 2 aromatic heterocycles. The third kappa shape index (κ3) is 5.54. The molecule has 29 heavy (non-hydrogen) atoms. The summed E-state index contributed by atoms with van der Waals surface area (Å²) in [5, 5.41) is 7.71. The lowest BCUT2D eigenvalue weighted by molar-refractivity contribution is 0.648. The Hall–Kier alpha value is -2.00. The zero-order chi connectivity index (χ0) is 19.3. The Kier molecular flexibility index (Phi) is 7.60. The van der Waals surface area contributed by atoms with E-state index in [1.54, 1.807) is 0 Å². The first kappa shape index (κ1) is 21.7. The van der Waals surface area contributed by atoms with Crippen LogP contribution in [0.3, 0.4) is 0 Å². The Balaban J connectivity index is 0.00000240. The van der Waals surface area contributed by atoms with E-state index in [2.05, 4.69) is 37.8 Å². The number of nitrogens with zero attached hydrogens (tertiary/aromatic N) is 4. The Bertz CT molecular complexity index is 939. The van der Waals surface area contributed by atoms with Gasteiger partial charge in [-0.1, -0.05) is 23.7 Å². The number of fused-ring (bicyclic) bond motifs is 1. The van der Waals surface area contributed by atoms with E-state index in [0.717, 1.165) is 54.8 Å². The second kappa shape index (κ2) is 10.2. The number of anilines is 1. The topological polar surface area (TPSA) is 57.0 Å². The molecule has 0 amide bonds. The molecule has 6 nitrogen and oxygen atoms in total. The summed E-state index contributed by atoms with van der Waals surface area (Å²) in [6.07, 6.45) is 6.01. The van der Waals surface area contributed by atoms with Crippen molar-refractivity contribution in [3.63, 3.8) is 0 Å². The molecule has 1 aliphatic heterocycles. The number of benzene rings is 1. The van der Waals surface area contributed by atoms with Crippen LogP contribution in [0.25, 0.3) is 5.65 Å². The minimum atomic E-state index is 0. The zero-order valence-corrected chi connectivity index (χ0v) is 19.5. The Morgan fingerprint density at radius 1 is 1.28 bits per heavy atom. The third-order valence-electron chi connectivity index (χ3n) is 5.01. The van der Waals surface area contributed by atoms with E-state index < -0.39 is 0 Å². The maximum Gasteiger partial charge on any atom is 0.191 e. The van der Waals surface area contributed by atoms with Gasteiger partial charge in [0, 0.05) is 62.2 Å². The fourth-order valence-electron chi connectivity index (χ4n) is 3.59. The molecule has 4 rings (SSSR count). The number of guanidine groups is 1. The number of hydrogen-bond acceptors (Lipinski definition) is 3. The predicted octanol–water partition coefficient (Wildman–Crippen LogP) is 3.59. The van der Waals surface area contributed by atoms with Gasteiger partial charge in [0.05, 0.1) is 5.69 Å². The van der Waals surface area contributed by atoms with E-state index in [9.17, 15) is 0 Å². The van der Waals surface area contributed by atoms with Gasteiger partial charge >= 0.3 is 0 Å². The van der Waals surface area contributed by atoms with Crippen molar-refractivity contribution in [2.75, 3.05) is 31.6 Å². The second-order valence-electron chi connectivity index (χ2n) is 7.00. The van der Waals surface area contributed by atoms with Crippen LogP contribution in [-0.2, 0) is 6.42 Å². The van der Waals surface area contributed by atoms with Gasteiger partial charge in [0.25, 0.3) is 0 Å². The van der Waals surface area contributed by atoms with Gasteiger partial charge in [0.2, 0.25) is 0 Å². The van der Waals surface area contributed by atoms with E-state index in [1.165, 1.54) is 5.69 Å². The van der Waals surface area contributed by atoms with Gasteiger partial charge in [-0.2, -0.15) is 0 Å². The zero-order valence-electron chi connectivity index (χ0n) is 16.4. The number of imidazole rings is 1. The molecule has 1 atom stereocenters. The highest BCUT2D eigenvalue weighted by Gasteiger charge is 2.23. The molecule has 0 spiro atoms. The van der Waals surface area contributed by atoms with Crippen LogP contribution < -0.4 is 15.5 Å². The number of aromatic nitrogens is 2. The van der Waals surface area contributed by atoms with E-state index in [0.29, 0.717) is 6.04 Å². The van der Waals surface area contributed by atoms with Crippen molar-refractivity contribution in [1.82, 2.24) is 20.0 Å². The molecule has 1 aliphatic rings. The van der Waals surface area contributed by atoms with Crippen LogP contribution in [0.15, 0.2) is 59.9 Å². The average molecular weight is 525 g/mol. The van der Waals surface area contributed by atoms with Gasteiger partial charge in [0.1, 0.15) is 5.65 Å². The molecule has 154 valence electrons. The van der Waals surface area contributed by atoms with Crippen LogP contribution in [-0.4, -0.2) is 48.1 Å². The lowest BCUT2D eigenvalue weighted by Crippen LogP contribution is -2.45. The van der Waals surface area contributed by atoms with Crippen LogP contribution in [0, 0.1) is 0 Å². The molecule has 0 saturated carbocycles. The van der Waals surface area contributed by atoms with Crippen molar-refractivity contribution in [3.8, 4) is 0 Å². The number of hydrogen-bond donors (Lipinski definition) is 2. The van der Waals surface area contributed by atoms with Crippen LogP contribution in [0.1, 0.15) is 12.1 Å². The first-order valence-corrected chi connectivity index (χ1v) is 9.99. The summed E-state index contributed by atoms with van der Waals surface area (Å²) in [5.41, 5.74) is 3.22. The van der Waals surface area contributed by atoms with Crippen molar-refractivity contribution in [3.05, 3.63) is 65.6 Å². The quantitative estimate of drug-likeness (QED) is 0.304. The van der Waals surface area contributed by atoms with Gasteiger partial charge in [0.15, 0.2) is 5.96 Å². The fraction of sp³-hybridized carbons (Fsp3) is 0.333. The van der Waals surface area contributed by atoms with E-state index >= 15 is 0 Å². The van der Waals surface area contributed by atoms with E-state index in [4.69, 9.17) is 11.6 Å². The molecule has 0 aliphatic carbocycles. The van der Waals surface area contributed by atoms with Crippen LogP contribution in [0.4, 0.5) is 5.69 Å². The van der Waals surface area contributed by atoms with Crippen molar-refractivity contribution in [2.45, 2.75) is 18.9 Å². The van der Waals surface area contributed by atoms with Gasteiger partial charge in [-0.25, -0.2) is 4.98 Å². The Morgan fingerprint density at radius 3 is 2.97 bits per heavy atom. The van der Waals surface area contributed by atoms with Gasteiger partial charge in [-0.15, -0.1) is 24.0 Å². The van der Waals surface area contributed by atoms with Crippen molar-refractivity contribution >= 4 is 52.9 Å². The number of nitrogens with one attached hydrogen (secondary N) is 2. The van der Waals surface area contributed by atoms with Crippen LogP contribution in [0.2, 0.25) is 5.02 Å². The Labute approximate surface area is 193 Å². The Morgan fingerprint density at radius 2 is 2.17 bits per heavy atom. The number of rotatable bonds is 5. The normalized spacial score (nSPS) is 16.7. The average Bonchev–Trinajstić information content (AvgIpc) is 3.33. The van der Waals surface area contributed by atoms with E-state index in [1.807, 2.05) is 54.0 Å². The summed E-state index contributed by atoms with van der Waals surface area (Å²) in [5.74, 6) is 0.835. The number of pyridine rings is 1. The third-order valence-corrected chi connectivity index (χ3v) is 5.25. The summed E-state index contributed by atoms with van der Waals surface area (Å²) >= 11 is 6.12. The highest BCUT2D eigenvalue weighted by Crippen LogP contribution is 2.23. The molecule has 0 bridgehead atoms. The van der Waals surface area contributed by atoms with Crippen molar-refractivity contribution in [1.29, 1.82) is 0 Å². The molecule has 2 N–H and O–H groups in total. The number of aliphatic imine (C=N–C) groups is 1. The first-order valence-electron chi connectivity index (χ1n) is 9.61. The minimum absolute atomic E-state index is 0. The fourth-order valence-corrected chi connectivity index (χ4v) is 3.77.